The second-order valence-electron chi connectivity index (χ2n) is 5.01. The van der Waals surface area contributed by atoms with E-state index in [4.69, 9.17) is 4.74 Å². The summed E-state index contributed by atoms with van der Waals surface area (Å²) in [5, 5.41) is 3.55. The third-order valence-corrected chi connectivity index (χ3v) is 4.02. The molecule has 0 aliphatic rings. The van der Waals surface area contributed by atoms with Crippen molar-refractivity contribution in [3.05, 3.63) is 57.6 Å². The first-order chi connectivity index (χ1) is 9.52. The van der Waals surface area contributed by atoms with Crippen molar-refractivity contribution in [3.8, 4) is 5.75 Å². The van der Waals surface area contributed by atoms with Crippen LogP contribution >= 0.6 is 15.9 Å². The summed E-state index contributed by atoms with van der Waals surface area (Å²) < 4.78 is 6.57. The SMILES string of the molecule is COc1c(C)ccc(NC(C)c2cccc(Br)c2)c1C. The highest BCUT2D eigenvalue weighted by Crippen LogP contribution is 2.31. The second kappa shape index (κ2) is 6.31. The maximum atomic E-state index is 5.48. The fourth-order valence-electron chi connectivity index (χ4n) is 2.39. The largest absolute Gasteiger partial charge is 0.496 e. The van der Waals surface area contributed by atoms with E-state index in [1.807, 2.05) is 6.07 Å². The second-order valence-corrected chi connectivity index (χ2v) is 5.92. The van der Waals surface area contributed by atoms with Crippen molar-refractivity contribution < 1.29 is 4.74 Å². The van der Waals surface area contributed by atoms with Crippen LogP contribution < -0.4 is 10.1 Å². The van der Waals surface area contributed by atoms with Gasteiger partial charge in [0, 0.05) is 21.8 Å². The molecule has 1 N–H and O–H groups in total. The highest BCUT2D eigenvalue weighted by molar-refractivity contribution is 9.10. The lowest BCUT2D eigenvalue weighted by molar-refractivity contribution is 0.409. The van der Waals surface area contributed by atoms with Crippen LogP contribution in [0.4, 0.5) is 5.69 Å². The number of aryl methyl sites for hydroxylation is 1. The van der Waals surface area contributed by atoms with Crippen LogP contribution in [0.15, 0.2) is 40.9 Å². The Labute approximate surface area is 129 Å². The molecule has 0 heterocycles. The molecule has 1 unspecified atom stereocenters. The van der Waals surface area contributed by atoms with Gasteiger partial charge in [-0.25, -0.2) is 0 Å². The van der Waals surface area contributed by atoms with Crippen molar-refractivity contribution in [2.45, 2.75) is 26.8 Å². The van der Waals surface area contributed by atoms with E-state index in [-0.39, 0.29) is 6.04 Å². The number of hydrogen-bond donors (Lipinski definition) is 1. The monoisotopic (exact) mass is 333 g/mol. The van der Waals surface area contributed by atoms with Crippen molar-refractivity contribution in [1.82, 2.24) is 0 Å². The Balaban J connectivity index is 2.26. The molecule has 0 spiro atoms. The number of halogens is 1. The van der Waals surface area contributed by atoms with Crippen molar-refractivity contribution in [1.29, 1.82) is 0 Å². The van der Waals surface area contributed by atoms with Crippen LogP contribution in [0.1, 0.15) is 29.7 Å². The molecule has 3 heteroatoms. The molecule has 0 aliphatic carbocycles. The van der Waals surface area contributed by atoms with Crippen LogP contribution in [0, 0.1) is 13.8 Å². The molecular formula is C17H20BrNO. The predicted octanol–water partition coefficient (Wildman–Crippen LogP) is 5.25. The number of hydrogen-bond acceptors (Lipinski definition) is 2. The summed E-state index contributed by atoms with van der Waals surface area (Å²) in [4.78, 5) is 0. The topological polar surface area (TPSA) is 21.3 Å². The molecule has 0 saturated carbocycles. The smallest absolute Gasteiger partial charge is 0.126 e. The first-order valence-electron chi connectivity index (χ1n) is 6.69. The average molecular weight is 334 g/mol. The summed E-state index contributed by atoms with van der Waals surface area (Å²) in [6, 6.07) is 12.8. The fraction of sp³-hybridized carbons (Fsp3) is 0.294. The van der Waals surface area contributed by atoms with Crippen molar-refractivity contribution in [3.63, 3.8) is 0 Å². The molecule has 0 radical (unpaired) electrons. The molecule has 2 nitrogen and oxygen atoms in total. The zero-order valence-corrected chi connectivity index (χ0v) is 13.9. The van der Waals surface area contributed by atoms with Gasteiger partial charge >= 0.3 is 0 Å². The van der Waals surface area contributed by atoms with Crippen LogP contribution in [-0.4, -0.2) is 7.11 Å². The van der Waals surface area contributed by atoms with E-state index in [1.54, 1.807) is 7.11 Å². The molecule has 2 rings (SSSR count). The summed E-state index contributed by atoms with van der Waals surface area (Å²) in [6.07, 6.45) is 0. The van der Waals surface area contributed by atoms with E-state index < -0.39 is 0 Å². The van der Waals surface area contributed by atoms with Crippen LogP contribution in [-0.2, 0) is 0 Å². The summed E-state index contributed by atoms with van der Waals surface area (Å²) in [5.41, 5.74) is 4.67. The first kappa shape index (κ1) is 14.9. The van der Waals surface area contributed by atoms with Crippen LogP contribution in [0.5, 0.6) is 5.75 Å². The maximum absolute atomic E-state index is 5.48. The Morgan fingerprint density at radius 1 is 1.15 bits per heavy atom. The zero-order chi connectivity index (χ0) is 14.7. The molecule has 0 bridgehead atoms. The van der Waals surface area contributed by atoms with Gasteiger partial charge in [-0.3, -0.25) is 0 Å². The van der Waals surface area contributed by atoms with Gasteiger partial charge in [0.25, 0.3) is 0 Å². The minimum Gasteiger partial charge on any atom is -0.496 e. The van der Waals surface area contributed by atoms with E-state index in [0.717, 1.165) is 27.0 Å². The van der Waals surface area contributed by atoms with Gasteiger partial charge in [0.05, 0.1) is 7.11 Å². The Bertz CT molecular complexity index is 610. The van der Waals surface area contributed by atoms with Crippen molar-refractivity contribution in [2.75, 3.05) is 12.4 Å². The number of benzene rings is 2. The van der Waals surface area contributed by atoms with E-state index in [0.29, 0.717) is 0 Å². The number of rotatable bonds is 4. The molecular weight excluding hydrogens is 314 g/mol. The maximum Gasteiger partial charge on any atom is 0.126 e. The number of methoxy groups -OCH3 is 1. The molecule has 2 aromatic rings. The van der Waals surface area contributed by atoms with Gasteiger partial charge in [0.15, 0.2) is 0 Å². The van der Waals surface area contributed by atoms with E-state index in [1.165, 1.54) is 5.56 Å². The molecule has 0 saturated heterocycles. The molecule has 0 aliphatic heterocycles. The van der Waals surface area contributed by atoms with Crippen molar-refractivity contribution in [2.24, 2.45) is 0 Å². The lowest BCUT2D eigenvalue weighted by Gasteiger charge is -2.20. The summed E-state index contributed by atoms with van der Waals surface area (Å²) in [6.45, 7) is 6.31. The van der Waals surface area contributed by atoms with Crippen LogP contribution in [0.3, 0.4) is 0 Å². The van der Waals surface area contributed by atoms with Gasteiger partial charge in [-0.2, -0.15) is 0 Å². The normalized spacial score (nSPS) is 12.1. The Hall–Kier alpha value is -1.48. The van der Waals surface area contributed by atoms with Crippen LogP contribution in [0.2, 0.25) is 0 Å². The predicted molar refractivity (Wildman–Crippen MR) is 88.6 cm³/mol. The number of nitrogens with one attached hydrogen (secondary N) is 1. The lowest BCUT2D eigenvalue weighted by atomic mass is 10.1. The molecule has 106 valence electrons. The van der Waals surface area contributed by atoms with Gasteiger partial charge in [-0.05, 0) is 50.1 Å². The third-order valence-electron chi connectivity index (χ3n) is 3.53. The number of ether oxygens (including phenoxy) is 1. The number of anilines is 1. The summed E-state index contributed by atoms with van der Waals surface area (Å²) >= 11 is 3.51. The molecule has 0 fully saturated rings. The Morgan fingerprint density at radius 2 is 1.90 bits per heavy atom. The third kappa shape index (κ3) is 3.15. The molecule has 0 amide bonds. The minimum atomic E-state index is 0.235. The molecule has 20 heavy (non-hydrogen) atoms. The standard InChI is InChI=1S/C17H20BrNO/c1-11-8-9-16(12(2)17(11)20-4)19-13(3)14-6-5-7-15(18)10-14/h5-10,13,19H,1-4H3. The van der Waals surface area contributed by atoms with E-state index in [9.17, 15) is 0 Å². The van der Waals surface area contributed by atoms with Crippen LogP contribution in [0.25, 0.3) is 0 Å². The zero-order valence-electron chi connectivity index (χ0n) is 12.3. The fourth-order valence-corrected chi connectivity index (χ4v) is 2.81. The summed E-state index contributed by atoms with van der Waals surface area (Å²) in [7, 11) is 1.72. The lowest BCUT2D eigenvalue weighted by Crippen LogP contribution is -2.08. The Kier molecular flexibility index (Phi) is 4.71. The van der Waals surface area contributed by atoms with Gasteiger partial charge < -0.3 is 10.1 Å². The highest BCUT2D eigenvalue weighted by atomic mass is 79.9. The Morgan fingerprint density at radius 3 is 2.55 bits per heavy atom. The van der Waals surface area contributed by atoms with Gasteiger partial charge in [-0.15, -0.1) is 0 Å². The van der Waals surface area contributed by atoms with Crippen molar-refractivity contribution >= 4 is 21.6 Å². The summed E-state index contributed by atoms with van der Waals surface area (Å²) in [5.74, 6) is 0.955. The van der Waals surface area contributed by atoms with Gasteiger partial charge in [-0.1, -0.05) is 34.1 Å². The first-order valence-corrected chi connectivity index (χ1v) is 7.48. The van der Waals surface area contributed by atoms with Gasteiger partial charge in [0.1, 0.15) is 5.75 Å². The van der Waals surface area contributed by atoms with E-state index in [2.05, 4.69) is 72.3 Å². The molecule has 1 atom stereocenters. The quantitative estimate of drug-likeness (QED) is 0.825. The molecule has 0 aromatic heterocycles. The highest BCUT2D eigenvalue weighted by Gasteiger charge is 2.11. The average Bonchev–Trinajstić information content (AvgIpc) is 2.42. The van der Waals surface area contributed by atoms with Gasteiger partial charge in [0.2, 0.25) is 0 Å². The van der Waals surface area contributed by atoms with E-state index >= 15 is 0 Å². The minimum absolute atomic E-state index is 0.235. The molecule has 2 aromatic carbocycles.